The van der Waals surface area contributed by atoms with E-state index in [2.05, 4.69) is 39.6 Å². The zero-order chi connectivity index (χ0) is 14.1. The Labute approximate surface area is 114 Å². The summed E-state index contributed by atoms with van der Waals surface area (Å²) in [7, 11) is 0. The van der Waals surface area contributed by atoms with Gasteiger partial charge in [-0.25, -0.2) is 0 Å². The fraction of sp³-hybridized carbons (Fsp3) is 0.800. The molecule has 0 saturated heterocycles. The van der Waals surface area contributed by atoms with Gasteiger partial charge in [-0.15, -0.1) is 11.3 Å². The molecule has 0 amide bonds. The molecule has 1 heterocycles. The van der Waals surface area contributed by atoms with Crippen LogP contribution in [0.4, 0.5) is 0 Å². The molecule has 0 bridgehead atoms. The van der Waals surface area contributed by atoms with Crippen molar-refractivity contribution in [3.8, 4) is 0 Å². The lowest BCUT2D eigenvalue weighted by atomic mass is 10.1. The van der Waals surface area contributed by atoms with E-state index in [1.54, 1.807) is 17.5 Å². The Balaban J connectivity index is -0.000000169. The Bertz CT molecular complexity index is 179. The monoisotopic (exact) mass is 259 g/mol. The van der Waals surface area contributed by atoms with Gasteiger partial charge in [0, 0.05) is 11.6 Å². The Morgan fingerprint density at radius 3 is 1.59 bits per heavy atom. The van der Waals surface area contributed by atoms with Gasteiger partial charge in [0.25, 0.3) is 0 Å². The number of aryl methyl sites for hydroxylation is 1. The normalized spacial score (nSPS) is 8.06. The zero-order valence-corrected chi connectivity index (χ0v) is 14.0. The minimum absolute atomic E-state index is 0.935. The van der Waals surface area contributed by atoms with Crippen molar-refractivity contribution < 1.29 is 0 Å². The molecule has 0 spiro atoms. The maximum absolute atomic E-state index is 3.94. The van der Waals surface area contributed by atoms with Crippen molar-refractivity contribution in [2.24, 2.45) is 5.92 Å². The van der Waals surface area contributed by atoms with Crippen molar-refractivity contribution in [2.45, 2.75) is 74.7 Å². The molecule has 1 aromatic rings. The van der Waals surface area contributed by atoms with Gasteiger partial charge in [0.1, 0.15) is 0 Å². The van der Waals surface area contributed by atoms with Gasteiger partial charge < -0.3 is 0 Å². The van der Waals surface area contributed by atoms with E-state index in [4.69, 9.17) is 0 Å². The Hall–Kier alpha value is -0.370. The second-order valence-electron chi connectivity index (χ2n) is 3.68. The molecular formula is C15H33NS. The van der Waals surface area contributed by atoms with E-state index in [9.17, 15) is 0 Å². The quantitative estimate of drug-likeness (QED) is 0.604. The fourth-order valence-corrected chi connectivity index (χ4v) is 1.02. The first-order valence-corrected chi connectivity index (χ1v) is 7.86. The molecule has 1 rings (SSSR count). The summed E-state index contributed by atoms with van der Waals surface area (Å²) in [5, 5.41) is 3.10. The molecule has 17 heavy (non-hydrogen) atoms. The van der Waals surface area contributed by atoms with Crippen LogP contribution in [0.2, 0.25) is 0 Å². The van der Waals surface area contributed by atoms with Crippen molar-refractivity contribution in [3.63, 3.8) is 0 Å². The molecule has 0 aliphatic carbocycles. The van der Waals surface area contributed by atoms with Crippen molar-refractivity contribution in [1.82, 2.24) is 4.98 Å². The fourth-order valence-electron chi connectivity index (χ4n) is 0.583. The average molecular weight is 260 g/mol. The van der Waals surface area contributed by atoms with Crippen LogP contribution < -0.4 is 0 Å². The summed E-state index contributed by atoms with van der Waals surface area (Å²) in [6.45, 7) is 17.0. The minimum Gasteiger partial charge on any atom is -0.250 e. The highest BCUT2D eigenvalue weighted by atomic mass is 32.1. The van der Waals surface area contributed by atoms with Crippen LogP contribution in [0.1, 0.15) is 72.7 Å². The highest BCUT2D eigenvalue weighted by molar-refractivity contribution is 7.09. The lowest BCUT2D eigenvalue weighted by Gasteiger charge is -1.98. The summed E-state index contributed by atoms with van der Waals surface area (Å²) in [6.07, 6.45) is 5.72. The summed E-state index contributed by atoms with van der Waals surface area (Å²) in [5.74, 6) is 0.935. The molecule has 1 nitrogen and oxygen atoms in total. The zero-order valence-electron chi connectivity index (χ0n) is 13.2. The van der Waals surface area contributed by atoms with Gasteiger partial charge in [-0.1, -0.05) is 67.7 Å². The number of hydrogen-bond acceptors (Lipinski definition) is 2. The Kier molecular flexibility index (Phi) is 27.0. The third-order valence-electron chi connectivity index (χ3n) is 1.95. The summed E-state index contributed by atoms with van der Waals surface area (Å²) >= 11 is 1.67. The van der Waals surface area contributed by atoms with Crippen molar-refractivity contribution in [2.75, 3.05) is 0 Å². The molecule has 1 aromatic heterocycles. The Morgan fingerprint density at radius 2 is 1.53 bits per heavy atom. The van der Waals surface area contributed by atoms with E-state index < -0.39 is 0 Å². The molecule has 0 atom stereocenters. The van der Waals surface area contributed by atoms with Crippen molar-refractivity contribution in [1.29, 1.82) is 0 Å². The summed E-state index contributed by atoms with van der Waals surface area (Å²) in [6, 6.07) is 0. The highest BCUT2D eigenvalue weighted by Crippen LogP contribution is 2.02. The standard InChI is InChI=1S/C6H14.C4H5NS.C3H8.C2H6/c1-4-6(3)5-2;1-4-5-2-3-6-4;1-3-2;1-2/h6H,4-5H2,1-3H3;2-3H,1H3;3H2,1-2H3;1-2H3. The predicted molar refractivity (Wildman–Crippen MR) is 83.9 cm³/mol. The van der Waals surface area contributed by atoms with Gasteiger partial charge >= 0.3 is 0 Å². The number of aromatic nitrogens is 1. The molecule has 0 unspecified atom stereocenters. The van der Waals surface area contributed by atoms with E-state index in [1.165, 1.54) is 19.3 Å². The first kappa shape index (κ1) is 21.9. The maximum atomic E-state index is 3.94. The molecule has 0 fully saturated rings. The molecule has 0 aliphatic heterocycles. The third-order valence-corrected chi connectivity index (χ3v) is 2.65. The van der Waals surface area contributed by atoms with Crippen LogP contribution in [-0.2, 0) is 0 Å². The first-order valence-electron chi connectivity index (χ1n) is 6.98. The Morgan fingerprint density at radius 1 is 1.12 bits per heavy atom. The topological polar surface area (TPSA) is 12.9 Å². The van der Waals surface area contributed by atoms with Gasteiger partial charge in [0.15, 0.2) is 0 Å². The van der Waals surface area contributed by atoms with Crippen LogP contribution in [0.25, 0.3) is 0 Å². The molecule has 0 aliphatic rings. The van der Waals surface area contributed by atoms with Crippen LogP contribution in [0, 0.1) is 12.8 Å². The largest absolute Gasteiger partial charge is 0.250 e. The second-order valence-corrected chi connectivity index (χ2v) is 4.78. The molecule has 0 N–H and O–H groups in total. The van der Waals surface area contributed by atoms with Crippen molar-refractivity contribution >= 4 is 11.3 Å². The molecule has 0 saturated carbocycles. The second kappa shape index (κ2) is 21.0. The van der Waals surface area contributed by atoms with E-state index in [1.807, 2.05) is 26.2 Å². The molecular weight excluding hydrogens is 226 g/mol. The van der Waals surface area contributed by atoms with Gasteiger partial charge in [-0.2, -0.15) is 0 Å². The third kappa shape index (κ3) is 25.7. The highest BCUT2D eigenvalue weighted by Gasteiger charge is 1.88. The smallest absolute Gasteiger partial charge is 0.0893 e. The number of rotatable bonds is 2. The van der Waals surface area contributed by atoms with E-state index in [0.717, 1.165) is 10.9 Å². The van der Waals surface area contributed by atoms with Crippen LogP contribution in [0.5, 0.6) is 0 Å². The minimum atomic E-state index is 0.935. The van der Waals surface area contributed by atoms with Gasteiger partial charge in [-0.05, 0) is 12.8 Å². The molecule has 0 aromatic carbocycles. The van der Waals surface area contributed by atoms with E-state index in [0.29, 0.717) is 0 Å². The summed E-state index contributed by atoms with van der Waals surface area (Å²) < 4.78 is 0. The van der Waals surface area contributed by atoms with E-state index in [-0.39, 0.29) is 0 Å². The van der Waals surface area contributed by atoms with Crippen LogP contribution in [0.3, 0.4) is 0 Å². The average Bonchev–Trinajstić information content (AvgIpc) is 2.83. The predicted octanol–water partition coefficient (Wildman–Crippen LogP) is 6.34. The van der Waals surface area contributed by atoms with Crippen molar-refractivity contribution in [3.05, 3.63) is 16.6 Å². The number of nitrogens with zero attached hydrogens (tertiary/aromatic N) is 1. The molecule has 2 heteroatoms. The van der Waals surface area contributed by atoms with Gasteiger partial charge in [0.05, 0.1) is 5.01 Å². The lowest BCUT2D eigenvalue weighted by Crippen LogP contribution is -1.85. The van der Waals surface area contributed by atoms with Crippen LogP contribution >= 0.6 is 11.3 Å². The SMILES string of the molecule is CC.CCC.CCC(C)CC.Cc1nccs1. The van der Waals surface area contributed by atoms with Gasteiger partial charge in [0.2, 0.25) is 0 Å². The summed E-state index contributed by atoms with van der Waals surface area (Å²) in [5.41, 5.74) is 0. The first-order chi connectivity index (χ1) is 8.12. The van der Waals surface area contributed by atoms with Crippen LogP contribution in [0.15, 0.2) is 11.6 Å². The lowest BCUT2D eigenvalue weighted by molar-refractivity contribution is 0.544. The number of thiazole rings is 1. The summed E-state index contributed by atoms with van der Waals surface area (Å²) in [4.78, 5) is 3.94. The van der Waals surface area contributed by atoms with E-state index >= 15 is 0 Å². The van der Waals surface area contributed by atoms with Crippen LogP contribution in [-0.4, -0.2) is 4.98 Å². The number of hydrogen-bond donors (Lipinski definition) is 0. The molecule has 104 valence electrons. The maximum Gasteiger partial charge on any atom is 0.0893 e. The molecule has 0 radical (unpaired) electrons. The van der Waals surface area contributed by atoms with Gasteiger partial charge in [-0.3, -0.25) is 4.98 Å².